The molecule has 0 aliphatic rings. The summed E-state index contributed by atoms with van der Waals surface area (Å²) in [5, 5.41) is 0.359. The predicted octanol–water partition coefficient (Wildman–Crippen LogP) is 2.70. The van der Waals surface area contributed by atoms with E-state index in [4.69, 9.17) is 23.2 Å². The van der Waals surface area contributed by atoms with Gasteiger partial charge in [-0.2, -0.15) is 0 Å². The highest BCUT2D eigenvalue weighted by Crippen LogP contribution is 2.26. The zero-order valence-corrected chi connectivity index (χ0v) is 14.9. The third-order valence-electron chi connectivity index (χ3n) is 2.89. The Labute approximate surface area is 144 Å². The standard InChI is InChI=1S/C13H12Cl2N2O4S2/c1-16-22(18,19)10-4-2-9(3-5-10)17-23(20,21)11-6-7-12(14)13(15)8-11/h2-8,16-17H,1H3. The molecule has 0 fully saturated rings. The Morgan fingerprint density at radius 1 is 0.783 bits per heavy atom. The topological polar surface area (TPSA) is 92.3 Å². The maximum atomic E-state index is 12.3. The van der Waals surface area contributed by atoms with Crippen molar-refractivity contribution in [1.29, 1.82) is 0 Å². The molecule has 23 heavy (non-hydrogen) atoms. The number of anilines is 1. The summed E-state index contributed by atoms with van der Waals surface area (Å²) in [6.07, 6.45) is 0. The fourth-order valence-electron chi connectivity index (χ4n) is 1.68. The van der Waals surface area contributed by atoms with Crippen LogP contribution < -0.4 is 9.44 Å². The highest BCUT2D eigenvalue weighted by atomic mass is 35.5. The van der Waals surface area contributed by atoms with Crippen molar-refractivity contribution in [2.75, 3.05) is 11.8 Å². The Morgan fingerprint density at radius 3 is 1.87 bits per heavy atom. The Balaban J connectivity index is 2.29. The maximum Gasteiger partial charge on any atom is 0.261 e. The first-order chi connectivity index (χ1) is 10.7. The van der Waals surface area contributed by atoms with Gasteiger partial charge in [0.05, 0.1) is 19.8 Å². The molecule has 0 atom stereocenters. The number of hydrogen-bond acceptors (Lipinski definition) is 4. The van der Waals surface area contributed by atoms with Crippen molar-refractivity contribution in [3.05, 3.63) is 52.5 Å². The second-order valence-corrected chi connectivity index (χ2v) is 8.80. The first-order valence-corrected chi connectivity index (χ1v) is 9.89. The molecule has 0 radical (unpaired) electrons. The molecule has 2 rings (SSSR count). The Morgan fingerprint density at radius 2 is 1.35 bits per heavy atom. The van der Waals surface area contributed by atoms with Gasteiger partial charge in [-0.1, -0.05) is 23.2 Å². The number of rotatable bonds is 5. The van der Waals surface area contributed by atoms with E-state index in [1.54, 1.807) is 0 Å². The minimum atomic E-state index is -3.86. The van der Waals surface area contributed by atoms with Crippen LogP contribution in [0.4, 0.5) is 5.69 Å². The van der Waals surface area contributed by atoms with Crippen molar-refractivity contribution >= 4 is 48.9 Å². The molecule has 0 aromatic heterocycles. The van der Waals surface area contributed by atoms with E-state index in [1.807, 2.05) is 0 Å². The molecule has 10 heteroatoms. The summed E-state index contributed by atoms with van der Waals surface area (Å²) in [4.78, 5) is -0.0312. The van der Waals surface area contributed by atoms with E-state index in [0.717, 1.165) is 0 Å². The van der Waals surface area contributed by atoms with E-state index in [-0.39, 0.29) is 25.5 Å². The molecule has 0 spiro atoms. The number of hydrogen-bond donors (Lipinski definition) is 2. The van der Waals surface area contributed by atoms with Gasteiger partial charge in [-0.3, -0.25) is 4.72 Å². The maximum absolute atomic E-state index is 12.3. The SMILES string of the molecule is CNS(=O)(=O)c1ccc(NS(=O)(=O)c2ccc(Cl)c(Cl)c2)cc1. The molecule has 0 heterocycles. The Hall–Kier alpha value is -1.32. The monoisotopic (exact) mass is 394 g/mol. The minimum absolute atomic E-state index is 0.0254. The van der Waals surface area contributed by atoms with E-state index in [0.29, 0.717) is 0 Å². The molecule has 0 unspecified atom stereocenters. The van der Waals surface area contributed by atoms with Crippen LogP contribution in [-0.4, -0.2) is 23.9 Å². The number of sulfonamides is 2. The van der Waals surface area contributed by atoms with Gasteiger partial charge in [0.15, 0.2) is 0 Å². The third-order valence-corrected chi connectivity index (χ3v) is 6.44. The molecule has 0 saturated carbocycles. The lowest BCUT2D eigenvalue weighted by Gasteiger charge is -2.09. The van der Waals surface area contributed by atoms with Crippen LogP contribution in [0.25, 0.3) is 0 Å². The summed E-state index contributed by atoms with van der Waals surface area (Å²) < 4.78 is 52.2. The van der Waals surface area contributed by atoms with Crippen LogP contribution in [0.1, 0.15) is 0 Å². The van der Waals surface area contributed by atoms with Crippen LogP contribution in [0.3, 0.4) is 0 Å². The van der Waals surface area contributed by atoms with Gasteiger partial charge in [0.1, 0.15) is 0 Å². The van der Waals surface area contributed by atoms with Crippen LogP contribution in [0.15, 0.2) is 52.3 Å². The highest BCUT2D eigenvalue weighted by molar-refractivity contribution is 7.92. The molecule has 6 nitrogen and oxygen atoms in total. The molecule has 2 aromatic rings. The van der Waals surface area contributed by atoms with Crippen molar-refractivity contribution in [1.82, 2.24) is 4.72 Å². The normalized spacial score (nSPS) is 12.1. The minimum Gasteiger partial charge on any atom is -0.280 e. The van der Waals surface area contributed by atoms with Crippen LogP contribution in [0.2, 0.25) is 10.0 Å². The lowest BCUT2D eigenvalue weighted by Crippen LogP contribution is -2.18. The van der Waals surface area contributed by atoms with E-state index in [1.165, 1.54) is 49.5 Å². The van der Waals surface area contributed by atoms with E-state index < -0.39 is 20.0 Å². The second-order valence-electron chi connectivity index (χ2n) is 4.41. The van der Waals surface area contributed by atoms with Crippen molar-refractivity contribution in [2.24, 2.45) is 0 Å². The molecule has 0 aliphatic carbocycles. The molecule has 0 amide bonds. The number of nitrogens with one attached hydrogen (secondary N) is 2. The van der Waals surface area contributed by atoms with Gasteiger partial charge >= 0.3 is 0 Å². The van der Waals surface area contributed by atoms with Crippen LogP contribution in [0.5, 0.6) is 0 Å². The fourth-order valence-corrected chi connectivity index (χ4v) is 3.86. The molecule has 2 aromatic carbocycles. The van der Waals surface area contributed by atoms with Gasteiger partial charge in [-0.25, -0.2) is 21.6 Å². The summed E-state index contributed by atoms with van der Waals surface area (Å²) in [6.45, 7) is 0. The summed E-state index contributed by atoms with van der Waals surface area (Å²) in [5.41, 5.74) is 0.214. The summed E-state index contributed by atoms with van der Waals surface area (Å²) >= 11 is 11.6. The van der Waals surface area contributed by atoms with Gasteiger partial charge in [0.2, 0.25) is 10.0 Å². The van der Waals surface area contributed by atoms with Crippen molar-refractivity contribution in [3.63, 3.8) is 0 Å². The molecular formula is C13H12Cl2N2O4S2. The number of benzene rings is 2. The zero-order valence-electron chi connectivity index (χ0n) is 11.7. The number of halogens is 2. The van der Waals surface area contributed by atoms with Gasteiger partial charge in [-0.05, 0) is 49.5 Å². The van der Waals surface area contributed by atoms with Crippen molar-refractivity contribution in [3.8, 4) is 0 Å². The molecular weight excluding hydrogens is 383 g/mol. The van der Waals surface area contributed by atoms with Gasteiger partial charge in [-0.15, -0.1) is 0 Å². The predicted molar refractivity (Wildman–Crippen MR) is 90.0 cm³/mol. The molecule has 0 bridgehead atoms. The molecule has 2 N–H and O–H groups in total. The first-order valence-electron chi connectivity index (χ1n) is 6.17. The third kappa shape index (κ3) is 4.15. The average Bonchev–Trinajstić information content (AvgIpc) is 2.50. The van der Waals surface area contributed by atoms with Gasteiger partial charge in [0, 0.05) is 5.69 Å². The Bertz CT molecular complexity index is 927. The van der Waals surface area contributed by atoms with E-state index in [9.17, 15) is 16.8 Å². The van der Waals surface area contributed by atoms with Crippen LogP contribution in [0, 0.1) is 0 Å². The van der Waals surface area contributed by atoms with Gasteiger partial charge < -0.3 is 0 Å². The lowest BCUT2D eigenvalue weighted by molar-refractivity contribution is 0.588. The Kier molecular flexibility index (Phi) is 5.22. The highest BCUT2D eigenvalue weighted by Gasteiger charge is 2.16. The van der Waals surface area contributed by atoms with E-state index >= 15 is 0 Å². The van der Waals surface area contributed by atoms with E-state index in [2.05, 4.69) is 9.44 Å². The largest absolute Gasteiger partial charge is 0.280 e. The quantitative estimate of drug-likeness (QED) is 0.814. The van der Waals surface area contributed by atoms with Gasteiger partial charge in [0.25, 0.3) is 10.0 Å². The summed E-state index contributed by atoms with van der Waals surface area (Å²) in [7, 11) is -6.16. The van der Waals surface area contributed by atoms with Crippen molar-refractivity contribution in [2.45, 2.75) is 9.79 Å². The lowest BCUT2D eigenvalue weighted by atomic mass is 10.3. The van der Waals surface area contributed by atoms with Crippen molar-refractivity contribution < 1.29 is 16.8 Å². The molecule has 124 valence electrons. The smallest absolute Gasteiger partial charge is 0.261 e. The second kappa shape index (κ2) is 6.66. The van der Waals surface area contributed by atoms with Crippen LogP contribution >= 0.6 is 23.2 Å². The average molecular weight is 395 g/mol. The summed E-state index contributed by atoms with van der Waals surface area (Å²) in [6, 6.07) is 9.19. The summed E-state index contributed by atoms with van der Waals surface area (Å²) in [5.74, 6) is 0. The fraction of sp³-hybridized carbons (Fsp3) is 0.0769. The molecule has 0 aliphatic heterocycles. The van der Waals surface area contributed by atoms with Crippen LogP contribution in [-0.2, 0) is 20.0 Å². The first kappa shape index (κ1) is 18.0. The zero-order chi connectivity index (χ0) is 17.3. The molecule has 0 saturated heterocycles.